The van der Waals surface area contributed by atoms with E-state index in [1.807, 2.05) is 0 Å². The average Bonchev–Trinajstić information content (AvgIpc) is 1.69. The van der Waals surface area contributed by atoms with Gasteiger partial charge in [0.1, 0.15) is 0 Å². The second-order valence-corrected chi connectivity index (χ2v) is 3.60. The van der Waals surface area contributed by atoms with Gasteiger partial charge in [0.05, 0.1) is 0 Å². The molecule has 0 fully saturated rings. The first-order chi connectivity index (χ1) is 3.41. The molecule has 0 saturated carbocycles. The average molecular weight is 114 g/mol. The molecular weight excluding hydrogens is 99.0 g/mol. The van der Waals surface area contributed by atoms with E-state index < -0.39 is 0 Å². The number of hydrogen-bond acceptors (Lipinski definition) is 0. The van der Waals surface area contributed by atoms with E-state index in [0.717, 1.165) is 15.2 Å². The van der Waals surface area contributed by atoms with Gasteiger partial charge >= 0.3 is 52.5 Å². The van der Waals surface area contributed by atoms with E-state index in [0.29, 0.717) is 0 Å². The van der Waals surface area contributed by atoms with Crippen LogP contribution in [0.15, 0.2) is 0 Å². The zero-order valence-electron chi connectivity index (χ0n) is 6.41. The van der Waals surface area contributed by atoms with Crippen LogP contribution in [0.1, 0.15) is 28.1 Å². The standard InChI is InChI=1S/2C3H7.Al.H/c2*1-3-2;;/h2*1,3H2,2H3;;/q;;+1;-1. The van der Waals surface area contributed by atoms with Crippen LogP contribution < -0.4 is 0 Å². The summed E-state index contributed by atoms with van der Waals surface area (Å²) in [5.41, 5.74) is 0. The maximum absolute atomic E-state index is 2.27. The normalized spacial score (nSPS) is 8.29. The van der Waals surface area contributed by atoms with Crippen LogP contribution in [0.25, 0.3) is 0 Å². The van der Waals surface area contributed by atoms with Crippen LogP contribution in [-0.2, 0) is 0 Å². The van der Waals surface area contributed by atoms with Crippen molar-refractivity contribution < 1.29 is 1.43 Å². The van der Waals surface area contributed by atoms with Crippen LogP contribution in [0.2, 0.25) is 10.6 Å². The Bertz CT molecular complexity index is 27.7. The van der Waals surface area contributed by atoms with E-state index in [4.69, 9.17) is 0 Å². The van der Waals surface area contributed by atoms with Crippen LogP contribution >= 0.6 is 0 Å². The maximum Gasteiger partial charge on any atom is -1.00 e. The zero-order valence-corrected chi connectivity index (χ0v) is 6.56. The van der Waals surface area contributed by atoms with Gasteiger partial charge in [0.15, 0.2) is 0 Å². The molecule has 42 valence electrons. The Balaban J connectivity index is 0. The number of hydrogen-bond donors (Lipinski definition) is 0. The minimum Gasteiger partial charge on any atom is -1.00 e. The quantitative estimate of drug-likeness (QED) is 0.389. The molecule has 0 heterocycles. The van der Waals surface area contributed by atoms with Crippen molar-refractivity contribution in [2.24, 2.45) is 0 Å². The maximum atomic E-state index is 2.27. The van der Waals surface area contributed by atoms with E-state index in [1.54, 1.807) is 0 Å². The Morgan fingerprint density at radius 3 is 1.86 bits per heavy atom. The molecule has 0 N–H and O–H groups in total. The Kier molecular flexibility index (Phi) is 7.03. The molecular formula is C6H15Al. The molecule has 0 unspecified atom stereocenters. The third-order valence-electron chi connectivity index (χ3n) is 0.986. The molecule has 0 spiro atoms. The van der Waals surface area contributed by atoms with Gasteiger partial charge in [-0.25, -0.2) is 0 Å². The van der Waals surface area contributed by atoms with E-state index in [-0.39, 0.29) is 1.43 Å². The molecule has 0 radical (unpaired) electrons. The molecule has 0 aromatic carbocycles. The molecule has 0 bridgehead atoms. The SMILES string of the molecule is CC[CH2][Al+][CH2]CC.[H-]. The van der Waals surface area contributed by atoms with Gasteiger partial charge in [-0.05, 0) is 0 Å². The Hall–Kier alpha value is 0.532. The van der Waals surface area contributed by atoms with Crippen molar-refractivity contribution in [1.29, 1.82) is 0 Å². The summed E-state index contributed by atoms with van der Waals surface area (Å²) in [4.78, 5) is 0. The topological polar surface area (TPSA) is 0 Å². The van der Waals surface area contributed by atoms with Gasteiger partial charge in [-0.15, -0.1) is 0 Å². The van der Waals surface area contributed by atoms with Crippen LogP contribution in [0.3, 0.4) is 0 Å². The van der Waals surface area contributed by atoms with Crippen molar-refractivity contribution in [3.63, 3.8) is 0 Å². The van der Waals surface area contributed by atoms with Gasteiger partial charge < -0.3 is 1.43 Å². The Morgan fingerprint density at radius 1 is 1.14 bits per heavy atom. The van der Waals surface area contributed by atoms with E-state index >= 15 is 0 Å². The fourth-order valence-corrected chi connectivity index (χ4v) is 1.66. The summed E-state index contributed by atoms with van der Waals surface area (Å²) in [5.74, 6) is 0. The smallest absolute Gasteiger partial charge is 1.00 e. The Labute approximate surface area is 54.5 Å². The first-order valence-corrected chi connectivity index (χ1v) is 4.86. The monoisotopic (exact) mass is 114 g/mol. The summed E-state index contributed by atoms with van der Waals surface area (Å²) >= 11 is 0.822. The van der Waals surface area contributed by atoms with Crippen molar-refractivity contribution in [3.05, 3.63) is 0 Å². The molecule has 0 aromatic rings. The molecule has 0 aliphatic carbocycles. The molecule has 0 amide bonds. The third-order valence-corrected chi connectivity index (χ3v) is 2.96. The summed E-state index contributed by atoms with van der Waals surface area (Å²) in [6, 6.07) is 0. The van der Waals surface area contributed by atoms with E-state index in [9.17, 15) is 0 Å². The molecule has 0 atom stereocenters. The molecule has 0 rings (SSSR count). The van der Waals surface area contributed by atoms with Gasteiger partial charge in [-0.1, -0.05) is 0 Å². The van der Waals surface area contributed by atoms with Crippen molar-refractivity contribution >= 4 is 15.2 Å². The largest absolute Gasteiger partial charge is 1.00 e. The molecule has 0 saturated heterocycles. The minimum absolute atomic E-state index is 0. The molecule has 0 aromatic heterocycles. The summed E-state index contributed by atoms with van der Waals surface area (Å²) in [7, 11) is 0. The van der Waals surface area contributed by atoms with Gasteiger partial charge in [0.25, 0.3) is 0 Å². The fourth-order valence-electron chi connectivity index (χ4n) is 0.553. The molecule has 0 aliphatic rings. The van der Waals surface area contributed by atoms with Gasteiger partial charge in [0, 0.05) is 0 Å². The van der Waals surface area contributed by atoms with Crippen molar-refractivity contribution in [3.8, 4) is 0 Å². The molecule has 1 heteroatoms. The van der Waals surface area contributed by atoms with Gasteiger partial charge in [-0.3, -0.25) is 0 Å². The summed E-state index contributed by atoms with van der Waals surface area (Å²) in [6.07, 6.45) is 2.80. The zero-order chi connectivity index (χ0) is 5.54. The summed E-state index contributed by atoms with van der Waals surface area (Å²) in [5, 5.41) is 3.02. The van der Waals surface area contributed by atoms with Crippen molar-refractivity contribution in [2.75, 3.05) is 0 Å². The fraction of sp³-hybridized carbons (Fsp3) is 1.00. The van der Waals surface area contributed by atoms with Crippen molar-refractivity contribution in [2.45, 2.75) is 37.3 Å². The molecule has 7 heavy (non-hydrogen) atoms. The second-order valence-electron chi connectivity index (χ2n) is 1.87. The molecule has 0 nitrogen and oxygen atoms in total. The van der Waals surface area contributed by atoms with E-state index in [2.05, 4.69) is 13.8 Å². The van der Waals surface area contributed by atoms with E-state index in [1.165, 1.54) is 23.4 Å². The van der Waals surface area contributed by atoms with Gasteiger partial charge in [0.2, 0.25) is 0 Å². The predicted molar refractivity (Wildman–Crippen MR) is 37.1 cm³/mol. The van der Waals surface area contributed by atoms with Crippen molar-refractivity contribution in [1.82, 2.24) is 0 Å². The van der Waals surface area contributed by atoms with Gasteiger partial charge in [-0.2, -0.15) is 0 Å². The first-order valence-electron chi connectivity index (χ1n) is 3.23. The summed E-state index contributed by atoms with van der Waals surface area (Å²) < 4.78 is 0. The predicted octanol–water partition coefficient (Wildman–Crippen LogP) is 2.46. The van der Waals surface area contributed by atoms with Crippen LogP contribution in [0, 0.1) is 0 Å². The first kappa shape index (κ1) is 7.53. The molecule has 0 aliphatic heterocycles. The van der Waals surface area contributed by atoms with Crippen LogP contribution in [0.5, 0.6) is 0 Å². The minimum atomic E-state index is 0. The van der Waals surface area contributed by atoms with Crippen LogP contribution in [0.4, 0.5) is 0 Å². The Morgan fingerprint density at radius 2 is 1.57 bits per heavy atom. The summed E-state index contributed by atoms with van der Waals surface area (Å²) in [6.45, 7) is 4.53. The van der Waals surface area contributed by atoms with Crippen LogP contribution in [-0.4, -0.2) is 15.2 Å². The number of rotatable bonds is 4. The second kappa shape index (κ2) is 6.53. The third kappa shape index (κ3) is 6.53.